The van der Waals surface area contributed by atoms with Gasteiger partial charge in [-0.3, -0.25) is 4.79 Å². The Morgan fingerprint density at radius 2 is 2.09 bits per heavy atom. The monoisotopic (exact) mass is 334 g/mol. The molecule has 124 valence electrons. The number of rotatable bonds is 4. The van der Waals surface area contributed by atoms with Gasteiger partial charge in [0, 0.05) is 17.8 Å². The molecule has 0 radical (unpaired) electrons. The summed E-state index contributed by atoms with van der Waals surface area (Å²) in [6.07, 6.45) is 7.39. The first-order valence-electron chi connectivity index (χ1n) is 8.05. The number of aryl methyl sites for hydroxylation is 1. The molecule has 1 aliphatic carbocycles. The molecule has 2 aromatic rings. The first-order chi connectivity index (χ1) is 11.1. The lowest BCUT2D eigenvalue weighted by molar-refractivity contribution is 0.332. The Morgan fingerprint density at radius 3 is 2.78 bits per heavy atom. The number of hydrogen-bond donors (Lipinski definition) is 1. The molecule has 2 aromatic heterocycles. The van der Waals surface area contributed by atoms with E-state index in [1.165, 1.54) is 43.9 Å². The summed E-state index contributed by atoms with van der Waals surface area (Å²) in [5.74, 6) is 0.721. The maximum atomic E-state index is 11.5. The van der Waals surface area contributed by atoms with E-state index in [2.05, 4.69) is 11.5 Å². The SMILES string of the molecule is Cc1nc(SCc2cc(=O)c(O)co2)n(C2CCCCC2)c1C. The van der Waals surface area contributed by atoms with Crippen molar-refractivity contribution >= 4 is 11.8 Å². The number of aromatic nitrogens is 2. The molecular formula is C17H22N2O3S. The van der Waals surface area contributed by atoms with Crippen molar-refractivity contribution in [1.82, 2.24) is 9.55 Å². The molecule has 1 N–H and O–H groups in total. The van der Waals surface area contributed by atoms with Crippen molar-refractivity contribution in [2.45, 2.75) is 62.9 Å². The molecule has 0 spiro atoms. The first-order valence-corrected chi connectivity index (χ1v) is 9.03. The van der Waals surface area contributed by atoms with Crippen molar-refractivity contribution < 1.29 is 9.52 Å². The summed E-state index contributed by atoms with van der Waals surface area (Å²) in [5, 5.41) is 10.2. The highest BCUT2D eigenvalue weighted by atomic mass is 32.2. The largest absolute Gasteiger partial charge is 0.502 e. The van der Waals surface area contributed by atoms with Crippen molar-refractivity contribution in [1.29, 1.82) is 0 Å². The number of thioether (sulfide) groups is 1. The molecule has 1 saturated carbocycles. The van der Waals surface area contributed by atoms with Gasteiger partial charge in [0.1, 0.15) is 12.0 Å². The molecule has 0 bridgehead atoms. The van der Waals surface area contributed by atoms with Gasteiger partial charge < -0.3 is 14.1 Å². The van der Waals surface area contributed by atoms with Gasteiger partial charge in [0.05, 0.1) is 11.4 Å². The zero-order chi connectivity index (χ0) is 16.4. The first kappa shape index (κ1) is 16.2. The van der Waals surface area contributed by atoms with Crippen LogP contribution in [-0.2, 0) is 5.75 Å². The molecule has 23 heavy (non-hydrogen) atoms. The van der Waals surface area contributed by atoms with E-state index in [0.717, 1.165) is 17.1 Å². The third-order valence-electron chi connectivity index (χ3n) is 4.50. The lowest BCUT2D eigenvalue weighted by Crippen LogP contribution is -2.15. The molecule has 1 aliphatic rings. The number of aromatic hydroxyl groups is 1. The van der Waals surface area contributed by atoms with E-state index < -0.39 is 5.43 Å². The second kappa shape index (κ2) is 6.83. The minimum Gasteiger partial charge on any atom is -0.502 e. The summed E-state index contributed by atoms with van der Waals surface area (Å²) in [7, 11) is 0. The molecule has 0 saturated heterocycles. The molecular weight excluding hydrogens is 312 g/mol. The van der Waals surface area contributed by atoms with Gasteiger partial charge in [-0.2, -0.15) is 0 Å². The lowest BCUT2D eigenvalue weighted by Gasteiger charge is -2.26. The van der Waals surface area contributed by atoms with Crippen LogP contribution in [0.1, 0.15) is 55.3 Å². The van der Waals surface area contributed by atoms with Gasteiger partial charge in [-0.25, -0.2) is 4.98 Å². The summed E-state index contributed by atoms with van der Waals surface area (Å²) in [4.78, 5) is 16.2. The van der Waals surface area contributed by atoms with Crippen molar-refractivity contribution in [3.05, 3.63) is 39.7 Å². The molecule has 6 heteroatoms. The van der Waals surface area contributed by atoms with Gasteiger partial charge in [0.2, 0.25) is 5.43 Å². The Balaban J connectivity index is 1.80. The van der Waals surface area contributed by atoms with Crippen LogP contribution in [0.3, 0.4) is 0 Å². The van der Waals surface area contributed by atoms with Crippen molar-refractivity contribution in [2.24, 2.45) is 0 Å². The van der Waals surface area contributed by atoms with E-state index in [4.69, 9.17) is 9.40 Å². The van der Waals surface area contributed by atoms with Gasteiger partial charge in [0.15, 0.2) is 10.9 Å². The summed E-state index contributed by atoms with van der Waals surface area (Å²) >= 11 is 1.58. The predicted octanol–water partition coefficient (Wildman–Crippen LogP) is 3.96. The van der Waals surface area contributed by atoms with Crippen LogP contribution in [0.25, 0.3) is 0 Å². The van der Waals surface area contributed by atoms with Crippen LogP contribution in [-0.4, -0.2) is 14.7 Å². The smallest absolute Gasteiger partial charge is 0.226 e. The molecule has 5 nitrogen and oxygen atoms in total. The Morgan fingerprint density at radius 1 is 1.35 bits per heavy atom. The average molecular weight is 334 g/mol. The van der Waals surface area contributed by atoms with E-state index in [0.29, 0.717) is 17.6 Å². The van der Waals surface area contributed by atoms with Crippen LogP contribution in [0.4, 0.5) is 0 Å². The van der Waals surface area contributed by atoms with Crippen LogP contribution in [0, 0.1) is 13.8 Å². The molecule has 0 atom stereocenters. The van der Waals surface area contributed by atoms with Crippen LogP contribution in [0.5, 0.6) is 5.75 Å². The minimum atomic E-state index is -0.408. The van der Waals surface area contributed by atoms with Gasteiger partial charge in [-0.1, -0.05) is 31.0 Å². The maximum Gasteiger partial charge on any atom is 0.226 e. The van der Waals surface area contributed by atoms with Gasteiger partial charge >= 0.3 is 0 Å². The Bertz CT molecular complexity index is 745. The zero-order valence-corrected chi connectivity index (χ0v) is 14.4. The number of imidazole rings is 1. The van der Waals surface area contributed by atoms with Crippen LogP contribution in [0.15, 0.2) is 26.7 Å². The Kier molecular flexibility index (Phi) is 4.80. The maximum absolute atomic E-state index is 11.5. The lowest BCUT2D eigenvalue weighted by atomic mass is 9.95. The molecule has 0 amide bonds. The van der Waals surface area contributed by atoms with Gasteiger partial charge in [-0.05, 0) is 26.7 Å². The van der Waals surface area contributed by atoms with Crippen molar-refractivity contribution in [3.8, 4) is 5.75 Å². The number of hydrogen-bond acceptors (Lipinski definition) is 5. The fraction of sp³-hybridized carbons (Fsp3) is 0.529. The summed E-state index contributed by atoms with van der Waals surface area (Å²) < 4.78 is 7.63. The minimum absolute atomic E-state index is 0.353. The summed E-state index contributed by atoms with van der Waals surface area (Å²) in [5.41, 5.74) is 1.88. The fourth-order valence-electron chi connectivity index (χ4n) is 3.12. The molecule has 0 unspecified atom stereocenters. The van der Waals surface area contributed by atoms with E-state index in [1.54, 1.807) is 11.8 Å². The highest BCUT2D eigenvalue weighted by Gasteiger charge is 2.22. The third-order valence-corrected chi connectivity index (χ3v) is 5.48. The molecule has 3 rings (SSSR count). The van der Waals surface area contributed by atoms with Gasteiger partial charge in [0.25, 0.3) is 0 Å². The summed E-state index contributed by atoms with van der Waals surface area (Å²) in [6.45, 7) is 4.17. The highest BCUT2D eigenvalue weighted by Crippen LogP contribution is 2.35. The van der Waals surface area contributed by atoms with Crippen molar-refractivity contribution in [3.63, 3.8) is 0 Å². The number of nitrogens with zero attached hydrogens (tertiary/aromatic N) is 2. The predicted molar refractivity (Wildman–Crippen MR) is 90.0 cm³/mol. The van der Waals surface area contributed by atoms with E-state index >= 15 is 0 Å². The summed E-state index contributed by atoms with van der Waals surface area (Å²) in [6, 6.07) is 1.87. The Labute approximate surface area is 139 Å². The molecule has 2 heterocycles. The highest BCUT2D eigenvalue weighted by molar-refractivity contribution is 7.98. The second-order valence-corrected chi connectivity index (χ2v) is 7.05. The zero-order valence-electron chi connectivity index (χ0n) is 13.5. The second-order valence-electron chi connectivity index (χ2n) is 6.11. The quantitative estimate of drug-likeness (QED) is 0.857. The topological polar surface area (TPSA) is 68.3 Å². The fourth-order valence-corrected chi connectivity index (χ4v) is 4.17. The molecule has 0 aromatic carbocycles. The van der Waals surface area contributed by atoms with Gasteiger partial charge in [-0.15, -0.1) is 0 Å². The van der Waals surface area contributed by atoms with Crippen LogP contribution in [0.2, 0.25) is 0 Å². The average Bonchev–Trinajstić information content (AvgIpc) is 2.84. The van der Waals surface area contributed by atoms with Crippen LogP contribution < -0.4 is 5.43 Å². The van der Waals surface area contributed by atoms with E-state index in [1.807, 2.05) is 6.92 Å². The van der Waals surface area contributed by atoms with Crippen LogP contribution >= 0.6 is 11.8 Å². The third kappa shape index (κ3) is 3.47. The molecule has 1 fully saturated rings. The normalized spacial score (nSPS) is 15.9. The van der Waals surface area contributed by atoms with E-state index in [9.17, 15) is 9.90 Å². The standard InChI is InChI=1S/C17H22N2O3S/c1-11-12(2)19(13-6-4-3-5-7-13)17(18-11)23-10-14-8-15(20)16(21)9-22-14/h8-9,13,21H,3-7,10H2,1-2H3. The molecule has 0 aliphatic heterocycles. The van der Waals surface area contributed by atoms with E-state index in [-0.39, 0.29) is 5.75 Å². The van der Waals surface area contributed by atoms with Crippen molar-refractivity contribution in [2.75, 3.05) is 0 Å². The Hall–Kier alpha value is -1.69.